The Kier molecular flexibility index (Phi) is 4.99. The van der Waals surface area contributed by atoms with E-state index in [1.54, 1.807) is 38.4 Å². The van der Waals surface area contributed by atoms with Gasteiger partial charge in [-0.05, 0) is 24.3 Å². The number of amides is 1. The molecular formula is C23H22N2O4. The van der Waals surface area contributed by atoms with Gasteiger partial charge in [-0.1, -0.05) is 30.3 Å². The number of nitrogens with zero attached hydrogens (tertiary/aromatic N) is 1. The number of methoxy groups -OCH3 is 3. The molecule has 0 saturated carbocycles. The molecule has 4 rings (SSSR count). The van der Waals surface area contributed by atoms with Gasteiger partial charge in [0.1, 0.15) is 23.4 Å². The molecule has 6 heteroatoms. The predicted octanol–water partition coefficient (Wildman–Crippen LogP) is 4.48. The Bertz CT molecular complexity index is 1010. The summed E-state index contributed by atoms with van der Waals surface area (Å²) in [6, 6.07) is 20.6. The summed E-state index contributed by atoms with van der Waals surface area (Å²) in [6.07, 6.45) is -0.532. The minimum atomic E-state index is -0.532. The molecular weight excluding hydrogens is 368 g/mol. The van der Waals surface area contributed by atoms with Crippen LogP contribution in [0.1, 0.15) is 22.1 Å². The van der Waals surface area contributed by atoms with Gasteiger partial charge >= 0.3 is 0 Å². The Morgan fingerprint density at radius 2 is 1.45 bits per heavy atom. The van der Waals surface area contributed by atoms with E-state index in [-0.39, 0.29) is 5.91 Å². The topological polar surface area (TPSA) is 60.0 Å². The van der Waals surface area contributed by atoms with Crippen molar-refractivity contribution >= 4 is 17.3 Å². The van der Waals surface area contributed by atoms with Gasteiger partial charge in [0, 0.05) is 23.5 Å². The number of carbonyl (C=O) groups is 1. The molecule has 148 valence electrons. The standard InChI is InChI=1S/C23H22N2O4/c1-27-16-13-19(28-2)21(20(14-16)29-3)22-24-18-12-8-7-11-17(18)23(26)25(22)15-9-5-4-6-10-15/h4-14,22,24H,1-3H3/t22-/m1/s1. The van der Waals surface area contributed by atoms with E-state index in [0.29, 0.717) is 28.4 Å². The van der Waals surface area contributed by atoms with Crippen molar-refractivity contribution in [2.24, 2.45) is 0 Å². The quantitative estimate of drug-likeness (QED) is 0.696. The molecule has 1 aliphatic heterocycles. The lowest BCUT2D eigenvalue weighted by molar-refractivity contribution is 0.0974. The maximum atomic E-state index is 13.5. The summed E-state index contributed by atoms with van der Waals surface area (Å²) in [5.41, 5.74) is 2.85. The maximum absolute atomic E-state index is 13.5. The molecule has 0 spiro atoms. The van der Waals surface area contributed by atoms with Crippen molar-refractivity contribution in [3.8, 4) is 17.2 Å². The number of benzene rings is 3. The number of ether oxygens (including phenoxy) is 3. The maximum Gasteiger partial charge on any atom is 0.262 e. The number of hydrogen-bond acceptors (Lipinski definition) is 5. The number of anilines is 2. The second-order valence-electron chi connectivity index (χ2n) is 6.55. The van der Waals surface area contributed by atoms with Crippen LogP contribution in [0.4, 0.5) is 11.4 Å². The third-order valence-corrected chi connectivity index (χ3v) is 4.99. The summed E-state index contributed by atoms with van der Waals surface area (Å²) in [5.74, 6) is 1.63. The van der Waals surface area contributed by atoms with E-state index >= 15 is 0 Å². The fourth-order valence-electron chi connectivity index (χ4n) is 3.61. The van der Waals surface area contributed by atoms with Crippen molar-refractivity contribution in [3.05, 3.63) is 77.9 Å². The van der Waals surface area contributed by atoms with Crippen LogP contribution in [0.2, 0.25) is 0 Å². The van der Waals surface area contributed by atoms with Crippen LogP contribution in [0.25, 0.3) is 0 Å². The van der Waals surface area contributed by atoms with Crippen LogP contribution >= 0.6 is 0 Å². The van der Waals surface area contributed by atoms with Gasteiger partial charge in [-0.3, -0.25) is 9.69 Å². The molecule has 1 N–H and O–H groups in total. The van der Waals surface area contributed by atoms with Crippen LogP contribution < -0.4 is 24.4 Å². The summed E-state index contributed by atoms with van der Waals surface area (Å²) < 4.78 is 16.7. The number of nitrogens with one attached hydrogen (secondary N) is 1. The van der Waals surface area contributed by atoms with E-state index in [4.69, 9.17) is 14.2 Å². The molecule has 6 nitrogen and oxygen atoms in total. The molecule has 0 bridgehead atoms. The summed E-state index contributed by atoms with van der Waals surface area (Å²) in [6.45, 7) is 0. The Morgan fingerprint density at radius 1 is 0.828 bits per heavy atom. The Morgan fingerprint density at radius 3 is 2.07 bits per heavy atom. The molecule has 0 saturated heterocycles. The van der Waals surface area contributed by atoms with Gasteiger partial charge in [-0.15, -0.1) is 0 Å². The normalized spacial score (nSPS) is 15.3. The Balaban J connectivity index is 1.94. The number of para-hydroxylation sites is 2. The molecule has 0 fully saturated rings. The highest BCUT2D eigenvalue weighted by molar-refractivity contribution is 6.12. The van der Waals surface area contributed by atoms with Crippen LogP contribution in [0.3, 0.4) is 0 Å². The number of carbonyl (C=O) groups excluding carboxylic acids is 1. The monoisotopic (exact) mass is 390 g/mol. The Hall–Kier alpha value is -3.67. The molecule has 3 aromatic carbocycles. The summed E-state index contributed by atoms with van der Waals surface area (Å²) in [5, 5.41) is 3.48. The van der Waals surface area contributed by atoms with E-state index in [2.05, 4.69) is 5.32 Å². The van der Waals surface area contributed by atoms with E-state index in [1.807, 2.05) is 54.6 Å². The van der Waals surface area contributed by atoms with Gasteiger partial charge in [0.05, 0.1) is 32.5 Å². The molecule has 1 heterocycles. The number of fused-ring (bicyclic) bond motifs is 1. The van der Waals surface area contributed by atoms with E-state index in [1.165, 1.54) is 0 Å². The second-order valence-corrected chi connectivity index (χ2v) is 6.55. The minimum absolute atomic E-state index is 0.101. The molecule has 1 atom stereocenters. The third kappa shape index (κ3) is 3.23. The van der Waals surface area contributed by atoms with Gasteiger partial charge < -0.3 is 19.5 Å². The van der Waals surface area contributed by atoms with Crippen molar-refractivity contribution in [3.63, 3.8) is 0 Å². The lowest BCUT2D eigenvalue weighted by Gasteiger charge is -2.39. The first-order valence-corrected chi connectivity index (χ1v) is 9.22. The van der Waals surface area contributed by atoms with Crippen LogP contribution in [0.5, 0.6) is 17.2 Å². The zero-order chi connectivity index (χ0) is 20.4. The lowest BCUT2D eigenvalue weighted by Crippen LogP contribution is -2.43. The lowest BCUT2D eigenvalue weighted by atomic mass is 10.0. The molecule has 0 radical (unpaired) electrons. The molecule has 1 amide bonds. The predicted molar refractivity (Wildman–Crippen MR) is 112 cm³/mol. The van der Waals surface area contributed by atoms with Crippen molar-refractivity contribution in [2.45, 2.75) is 6.17 Å². The van der Waals surface area contributed by atoms with Crippen molar-refractivity contribution in [2.75, 3.05) is 31.5 Å². The van der Waals surface area contributed by atoms with E-state index < -0.39 is 6.17 Å². The highest BCUT2D eigenvalue weighted by Gasteiger charge is 2.37. The number of hydrogen-bond donors (Lipinski definition) is 1. The molecule has 29 heavy (non-hydrogen) atoms. The van der Waals surface area contributed by atoms with Crippen LogP contribution in [-0.4, -0.2) is 27.2 Å². The molecule has 0 aliphatic carbocycles. The zero-order valence-corrected chi connectivity index (χ0v) is 16.5. The number of rotatable bonds is 5. The van der Waals surface area contributed by atoms with E-state index in [0.717, 1.165) is 11.4 Å². The summed E-state index contributed by atoms with van der Waals surface area (Å²) in [4.78, 5) is 15.2. The fraction of sp³-hybridized carbons (Fsp3) is 0.174. The SMILES string of the molecule is COc1cc(OC)c([C@@H]2Nc3ccccc3C(=O)N2c2ccccc2)c(OC)c1. The smallest absolute Gasteiger partial charge is 0.262 e. The van der Waals surface area contributed by atoms with Crippen molar-refractivity contribution in [1.82, 2.24) is 0 Å². The first-order chi connectivity index (χ1) is 14.2. The second kappa shape index (κ2) is 7.75. The molecule has 3 aromatic rings. The first-order valence-electron chi connectivity index (χ1n) is 9.22. The van der Waals surface area contributed by atoms with Gasteiger partial charge in [0.25, 0.3) is 5.91 Å². The van der Waals surface area contributed by atoms with Gasteiger partial charge in [-0.2, -0.15) is 0 Å². The average Bonchev–Trinajstić information content (AvgIpc) is 2.78. The van der Waals surface area contributed by atoms with Crippen molar-refractivity contribution in [1.29, 1.82) is 0 Å². The van der Waals surface area contributed by atoms with Gasteiger partial charge in [0.15, 0.2) is 0 Å². The van der Waals surface area contributed by atoms with Crippen LogP contribution in [0, 0.1) is 0 Å². The van der Waals surface area contributed by atoms with E-state index in [9.17, 15) is 4.79 Å². The highest BCUT2D eigenvalue weighted by atomic mass is 16.5. The largest absolute Gasteiger partial charge is 0.496 e. The summed E-state index contributed by atoms with van der Waals surface area (Å²) >= 11 is 0. The molecule has 0 unspecified atom stereocenters. The minimum Gasteiger partial charge on any atom is -0.496 e. The highest BCUT2D eigenvalue weighted by Crippen LogP contribution is 2.45. The van der Waals surface area contributed by atoms with Gasteiger partial charge in [0.2, 0.25) is 0 Å². The van der Waals surface area contributed by atoms with Crippen molar-refractivity contribution < 1.29 is 19.0 Å². The van der Waals surface area contributed by atoms with Gasteiger partial charge in [-0.25, -0.2) is 0 Å². The first kappa shape index (κ1) is 18.7. The fourth-order valence-corrected chi connectivity index (χ4v) is 3.61. The molecule has 1 aliphatic rings. The third-order valence-electron chi connectivity index (χ3n) is 4.99. The Labute approximate surface area is 169 Å². The molecule has 0 aromatic heterocycles. The zero-order valence-electron chi connectivity index (χ0n) is 16.5. The average molecular weight is 390 g/mol. The summed E-state index contributed by atoms with van der Waals surface area (Å²) in [7, 11) is 4.76. The van der Waals surface area contributed by atoms with Crippen LogP contribution in [-0.2, 0) is 0 Å². The van der Waals surface area contributed by atoms with Crippen LogP contribution in [0.15, 0.2) is 66.7 Å².